The molecule has 2 N–H and O–H groups in total. The Balaban J connectivity index is 1.66. The van der Waals surface area contributed by atoms with E-state index in [1.807, 2.05) is 24.3 Å². The van der Waals surface area contributed by atoms with Crippen LogP contribution in [0.3, 0.4) is 0 Å². The highest BCUT2D eigenvalue weighted by atomic mass is 32.1. The number of fused-ring (bicyclic) bond motifs is 1. The number of rotatable bonds is 5. The third-order valence-electron chi connectivity index (χ3n) is 4.47. The Hall–Kier alpha value is -2.93. The van der Waals surface area contributed by atoms with Crippen LogP contribution in [0.25, 0.3) is 0 Å². The maximum atomic E-state index is 13.9. The Labute approximate surface area is 160 Å². The maximum absolute atomic E-state index is 13.9. The Bertz CT molecular complexity index is 989. The van der Waals surface area contributed by atoms with E-state index >= 15 is 0 Å². The molecule has 5 nitrogen and oxygen atoms in total. The predicted molar refractivity (Wildman–Crippen MR) is 104 cm³/mol. The van der Waals surface area contributed by atoms with Crippen LogP contribution >= 0.6 is 11.3 Å². The molecule has 3 aromatic rings. The van der Waals surface area contributed by atoms with Gasteiger partial charge in [-0.05, 0) is 12.1 Å². The molecule has 0 saturated carbocycles. The van der Waals surface area contributed by atoms with E-state index in [1.165, 1.54) is 17.4 Å². The Morgan fingerprint density at radius 2 is 2.04 bits per heavy atom. The van der Waals surface area contributed by atoms with Crippen LogP contribution in [-0.2, 0) is 11.4 Å². The number of hydrogen-bond acceptors (Lipinski definition) is 5. The molecule has 1 aliphatic heterocycles. The fraction of sp³-hybridized carbons (Fsp3) is 0.200. The number of aromatic nitrogens is 1. The number of nitrogens with one attached hydrogen (secondary N) is 2. The van der Waals surface area contributed by atoms with Gasteiger partial charge >= 0.3 is 0 Å². The zero-order chi connectivity index (χ0) is 18.8. The summed E-state index contributed by atoms with van der Waals surface area (Å²) in [4.78, 5) is 17.6. The fourth-order valence-electron chi connectivity index (χ4n) is 3.15. The molecular weight excluding hydrogens is 365 g/mol. The average Bonchev–Trinajstić information content (AvgIpc) is 3.10. The summed E-state index contributed by atoms with van der Waals surface area (Å²) in [6.07, 6.45) is 0.318. The van der Waals surface area contributed by atoms with Crippen molar-refractivity contribution in [1.82, 2.24) is 4.98 Å². The number of nitrogens with zero attached hydrogens (tertiary/aromatic N) is 1. The van der Waals surface area contributed by atoms with Crippen LogP contribution in [0.2, 0.25) is 0 Å². The monoisotopic (exact) mass is 383 g/mol. The third kappa shape index (κ3) is 3.50. The van der Waals surface area contributed by atoms with Gasteiger partial charge in [-0.1, -0.05) is 47.7 Å². The Morgan fingerprint density at radius 3 is 2.85 bits per heavy atom. The predicted octanol–water partition coefficient (Wildman–Crippen LogP) is 4.38. The molecule has 2 aromatic carbocycles. The van der Waals surface area contributed by atoms with E-state index < -0.39 is 0 Å². The van der Waals surface area contributed by atoms with Gasteiger partial charge in [-0.15, -0.1) is 0 Å². The third-order valence-corrected chi connectivity index (χ3v) is 5.65. The van der Waals surface area contributed by atoms with Gasteiger partial charge in [0.25, 0.3) is 0 Å². The van der Waals surface area contributed by atoms with Crippen molar-refractivity contribution < 1.29 is 13.9 Å². The lowest BCUT2D eigenvalue weighted by Gasteiger charge is -2.23. The molecular formula is C20H18FN3O2S. The van der Waals surface area contributed by atoms with Crippen LogP contribution in [0.15, 0.2) is 48.5 Å². The smallest absolute Gasteiger partial charge is 0.226 e. The molecule has 2 heterocycles. The Kier molecular flexibility index (Phi) is 4.77. The number of benzene rings is 2. The van der Waals surface area contributed by atoms with Crippen molar-refractivity contribution in [2.75, 3.05) is 17.7 Å². The summed E-state index contributed by atoms with van der Waals surface area (Å²) in [6.45, 7) is 0.125. The number of amides is 1. The molecule has 0 radical (unpaired) electrons. The van der Waals surface area contributed by atoms with E-state index in [4.69, 9.17) is 4.74 Å². The van der Waals surface area contributed by atoms with Gasteiger partial charge in [0.05, 0.1) is 4.88 Å². The van der Waals surface area contributed by atoms with Crippen LogP contribution in [-0.4, -0.2) is 17.9 Å². The zero-order valence-electron chi connectivity index (χ0n) is 14.7. The fourth-order valence-corrected chi connectivity index (χ4v) is 4.14. The second kappa shape index (κ2) is 7.36. The summed E-state index contributed by atoms with van der Waals surface area (Å²) >= 11 is 1.51. The lowest BCUT2D eigenvalue weighted by molar-refractivity contribution is -0.116. The molecule has 7 heteroatoms. The molecule has 27 heavy (non-hydrogen) atoms. The number of ether oxygens (including phenoxy) is 1. The topological polar surface area (TPSA) is 63.3 Å². The summed E-state index contributed by atoms with van der Waals surface area (Å²) in [7, 11) is 1.80. The van der Waals surface area contributed by atoms with E-state index in [2.05, 4.69) is 15.6 Å². The summed E-state index contributed by atoms with van der Waals surface area (Å²) in [5.74, 6) is 0.713. The number of para-hydroxylation sites is 1. The van der Waals surface area contributed by atoms with Gasteiger partial charge in [0, 0.05) is 30.5 Å². The van der Waals surface area contributed by atoms with Crippen LogP contribution in [0.5, 0.6) is 5.75 Å². The Morgan fingerprint density at radius 1 is 1.26 bits per heavy atom. The molecule has 0 spiro atoms. The lowest BCUT2D eigenvalue weighted by Crippen LogP contribution is -2.23. The number of hydrogen-bond donors (Lipinski definition) is 2. The molecule has 0 fully saturated rings. The largest absolute Gasteiger partial charge is 0.488 e. The molecule has 0 aliphatic carbocycles. The van der Waals surface area contributed by atoms with Gasteiger partial charge in [0.15, 0.2) is 5.13 Å². The minimum absolute atomic E-state index is 0.0793. The standard InChI is InChI=1S/C20H18FN3O2S/c1-22-20-24-19-18(27-20)14(10-17(25)23-19)13-7-3-5-9-16(13)26-11-12-6-2-4-8-15(12)21/h2-9,14H,10-11H2,1H3,(H,22,24)(H,23,25)/t14-/m1/s1. The number of halogens is 1. The molecule has 0 saturated heterocycles. The van der Waals surface area contributed by atoms with Gasteiger partial charge in [-0.25, -0.2) is 9.37 Å². The van der Waals surface area contributed by atoms with Crippen LogP contribution < -0.4 is 15.4 Å². The molecule has 0 unspecified atom stereocenters. The summed E-state index contributed by atoms with van der Waals surface area (Å²) in [5, 5.41) is 6.60. The van der Waals surface area contributed by atoms with E-state index in [0.29, 0.717) is 23.6 Å². The van der Waals surface area contributed by atoms with Crippen LogP contribution in [0, 0.1) is 5.82 Å². The minimum Gasteiger partial charge on any atom is -0.488 e. The van der Waals surface area contributed by atoms with Crippen molar-refractivity contribution in [3.05, 3.63) is 70.4 Å². The minimum atomic E-state index is -0.296. The molecule has 4 rings (SSSR count). The number of carbonyl (C=O) groups excluding carboxylic acids is 1. The molecule has 1 aromatic heterocycles. The van der Waals surface area contributed by atoms with Crippen molar-refractivity contribution in [3.8, 4) is 5.75 Å². The number of carbonyl (C=O) groups is 1. The van der Waals surface area contributed by atoms with Crippen molar-refractivity contribution in [1.29, 1.82) is 0 Å². The molecule has 1 amide bonds. The first-order valence-electron chi connectivity index (χ1n) is 8.59. The SMILES string of the molecule is CNc1nc2c(s1)[C@@H](c1ccccc1OCc1ccccc1F)CC(=O)N2. The summed E-state index contributed by atoms with van der Waals surface area (Å²) in [6, 6.07) is 14.1. The maximum Gasteiger partial charge on any atom is 0.226 e. The quantitative estimate of drug-likeness (QED) is 0.686. The van der Waals surface area contributed by atoms with Gasteiger partial charge < -0.3 is 15.4 Å². The van der Waals surface area contributed by atoms with Crippen molar-refractivity contribution in [2.45, 2.75) is 18.9 Å². The molecule has 0 bridgehead atoms. The second-order valence-electron chi connectivity index (χ2n) is 6.20. The highest BCUT2D eigenvalue weighted by Crippen LogP contribution is 2.44. The van der Waals surface area contributed by atoms with Crippen molar-refractivity contribution >= 4 is 28.2 Å². The highest BCUT2D eigenvalue weighted by molar-refractivity contribution is 7.16. The van der Waals surface area contributed by atoms with Crippen LogP contribution in [0.4, 0.5) is 15.3 Å². The van der Waals surface area contributed by atoms with Crippen LogP contribution in [0.1, 0.15) is 28.3 Å². The second-order valence-corrected chi connectivity index (χ2v) is 7.24. The van der Waals surface area contributed by atoms with Gasteiger partial charge in [0.2, 0.25) is 5.91 Å². The molecule has 138 valence electrons. The van der Waals surface area contributed by atoms with E-state index in [1.54, 1.807) is 25.2 Å². The van der Waals surface area contributed by atoms with Gasteiger partial charge in [-0.3, -0.25) is 4.79 Å². The van der Waals surface area contributed by atoms with E-state index in [9.17, 15) is 9.18 Å². The first kappa shape index (κ1) is 17.5. The van der Waals surface area contributed by atoms with Gasteiger partial charge in [-0.2, -0.15) is 0 Å². The summed E-state index contributed by atoms with van der Waals surface area (Å²) < 4.78 is 19.8. The van der Waals surface area contributed by atoms with Crippen molar-refractivity contribution in [2.24, 2.45) is 0 Å². The first-order chi connectivity index (χ1) is 13.2. The lowest BCUT2D eigenvalue weighted by atomic mass is 9.91. The normalized spacial score (nSPS) is 15.8. The van der Waals surface area contributed by atoms with E-state index in [-0.39, 0.29) is 24.2 Å². The van der Waals surface area contributed by atoms with Crippen molar-refractivity contribution in [3.63, 3.8) is 0 Å². The number of thiazole rings is 1. The van der Waals surface area contributed by atoms with E-state index in [0.717, 1.165) is 15.6 Å². The summed E-state index contributed by atoms with van der Waals surface area (Å²) in [5.41, 5.74) is 1.39. The number of anilines is 2. The van der Waals surface area contributed by atoms with Gasteiger partial charge in [0.1, 0.15) is 24.0 Å². The molecule has 1 atom stereocenters. The molecule has 1 aliphatic rings. The average molecular weight is 383 g/mol. The first-order valence-corrected chi connectivity index (χ1v) is 9.41. The zero-order valence-corrected chi connectivity index (χ0v) is 15.5. The highest BCUT2D eigenvalue weighted by Gasteiger charge is 2.32.